The monoisotopic (exact) mass is 136 g/mol. The fourth-order valence-corrected chi connectivity index (χ4v) is 3.64. The Labute approximate surface area is 63.0 Å². The van der Waals surface area contributed by atoms with E-state index in [0.29, 0.717) is 0 Å². The SMILES string of the molecule is C1CC2CC3CCC1CC23. The first kappa shape index (κ1) is 5.62. The number of hydrogen-bond acceptors (Lipinski definition) is 0. The fourth-order valence-electron chi connectivity index (χ4n) is 3.64. The lowest BCUT2D eigenvalue weighted by Crippen LogP contribution is -2.44. The van der Waals surface area contributed by atoms with Crippen molar-refractivity contribution >= 4 is 0 Å². The molecule has 0 aliphatic heterocycles. The minimum Gasteiger partial charge on any atom is -0.0502 e. The van der Waals surface area contributed by atoms with E-state index in [9.17, 15) is 0 Å². The molecule has 2 unspecified atom stereocenters. The quantitative estimate of drug-likeness (QED) is 0.480. The minimum absolute atomic E-state index is 1.16. The molecule has 0 aromatic heterocycles. The summed E-state index contributed by atoms with van der Waals surface area (Å²) in [6, 6.07) is 0. The minimum atomic E-state index is 1.16. The summed E-state index contributed by atoms with van der Waals surface area (Å²) < 4.78 is 0. The Morgan fingerprint density at radius 3 is 2.00 bits per heavy atom. The standard InChI is InChI=1S/C10H16/c1-3-8-6-9-4-2-7(1)5-10(8)9/h7-10H,1-6H2. The highest BCUT2D eigenvalue weighted by molar-refractivity contribution is 4.97. The first-order valence-electron chi connectivity index (χ1n) is 4.93. The smallest absolute Gasteiger partial charge is 0.0355 e. The van der Waals surface area contributed by atoms with Crippen LogP contribution in [-0.2, 0) is 0 Å². The molecule has 56 valence electrons. The van der Waals surface area contributed by atoms with Crippen molar-refractivity contribution in [3.63, 3.8) is 0 Å². The van der Waals surface area contributed by atoms with E-state index >= 15 is 0 Å². The highest BCUT2D eigenvalue weighted by atomic mass is 14.5. The third-order valence-corrected chi connectivity index (χ3v) is 4.31. The van der Waals surface area contributed by atoms with Crippen molar-refractivity contribution in [1.29, 1.82) is 0 Å². The van der Waals surface area contributed by atoms with Crippen LogP contribution < -0.4 is 0 Å². The maximum absolute atomic E-state index is 1.62. The van der Waals surface area contributed by atoms with E-state index in [1.54, 1.807) is 38.5 Å². The summed E-state index contributed by atoms with van der Waals surface area (Å²) in [6.45, 7) is 0. The van der Waals surface area contributed by atoms with E-state index in [2.05, 4.69) is 0 Å². The highest BCUT2D eigenvalue weighted by Gasteiger charge is 2.46. The van der Waals surface area contributed by atoms with E-state index in [4.69, 9.17) is 0 Å². The molecule has 0 heterocycles. The van der Waals surface area contributed by atoms with Crippen LogP contribution in [0, 0.1) is 23.7 Å². The molecule has 0 amide bonds. The van der Waals surface area contributed by atoms with Gasteiger partial charge in [0.2, 0.25) is 0 Å². The van der Waals surface area contributed by atoms with Gasteiger partial charge < -0.3 is 0 Å². The summed E-state index contributed by atoms with van der Waals surface area (Å²) in [5, 5.41) is 0. The molecule has 0 saturated heterocycles. The molecule has 3 fully saturated rings. The van der Waals surface area contributed by atoms with E-state index in [0.717, 1.165) is 5.92 Å². The molecule has 0 aromatic rings. The topological polar surface area (TPSA) is 0 Å². The summed E-state index contributed by atoms with van der Waals surface area (Å²) in [4.78, 5) is 0. The Morgan fingerprint density at radius 2 is 1.40 bits per heavy atom. The third kappa shape index (κ3) is 0.580. The molecule has 3 saturated carbocycles. The van der Waals surface area contributed by atoms with E-state index < -0.39 is 0 Å². The first-order valence-corrected chi connectivity index (χ1v) is 4.93. The summed E-state index contributed by atoms with van der Waals surface area (Å²) in [6.07, 6.45) is 9.56. The van der Waals surface area contributed by atoms with Crippen LogP contribution >= 0.6 is 0 Å². The Bertz CT molecular complexity index is 125. The summed E-state index contributed by atoms with van der Waals surface area (Å²) in [7, 11) is 0. The lowest BCUT2D eigenvalue weighted by Gasteiger charge is -2.54. The van der Waals surface area contributed by atoms with Crippen LogP contribution in [0.2, 0.25) is 0 Å². The van der Waals surface area contributed by atoms with Gasteiger partial charge in [-0.2, -0.15) is 0 Å². The number of fused-ring (bicyclic) bond motifs is 1. The molecule has 3 rings (SSSR count). The average molecular weight is 136 g/mol. The molecule has 3 aliphatic carbocycles. The second kappa shape index (κ2) is 1.78. The molecule has 10 heavy (non-hydrogen) atoms. The van der Waals surface area contributed by atoms with Crippen LogP contribution in [-0.4, -0.2) is 0 Å². The van der Waals surface area contributed by atoms with Gasteiger partial charge in [0.1, 0.15) is 0 Å². The maximum atomic E-state index is 1.62. The van der Waals surface area contributed by atoms with Gasteiger partial charge in [0.25, 0.3) is 0 Å². The van der Waals surface area contributed by atoms with Crippen LogP contribution in [0.25, 0.3) is 0 Å². The average Bonchev–Trinajstić information content (AvgIpc) is 1.83. The van der Waals surface area contributed by atoms with Crippen molar-refractivity contribution in [3.8, 4) is 0 Å². The largest absolute Gasteiger partial charge is 0.0502 e. The van der Waals surface area contributed by atoms with Crippen LogP contribution in [0.3, 0.4) is 0 Å². The Morgan fingerprint density at radius 1 is 0.700 bits per heavy atom. The lowest BCUT2D eigenvalue weighted by atomic mass is 9.51. The van der Waals surface area contributed by atoms with Gasteiger partial charge in [-0.05, 0) is 49.4 Å². The Hall–Kier alpha value is 0. The summed E-state index contributed by atoms with van der Waals surface area (Å²) in [5.74, 6) is 4.77. The molecular weight excluding hydrogens is 120 g/mol. The zero-order valence-electron chi connectivity index (χ0n) is 6.55. The van der Waals surface area contributed by atoms with Crippen LogP contribution in [0.1, 0.15) is 38.5 Å². The van der Waals surface area contributed by atoms with Crippen molar-refractivity contribution in [2.24, 2.45) is 23.7 Å². The van der Waals surface area contributed by atoms with Gasteiger partial charge in [-0.1, -0.05) is 12.8 Å². The second-order valence-corrected chi connectivity index (χ2v) is 4.68. The van der Waals surface area contributed by atoms with E-state index in [1.807, 2.05) is 0 Å². The molecule has 0 spiro atoms. The normalized spacial score (nSPS) is 57.6. The van der Waals surface area contributed by atoms with Crippen LogP contribution in [0.15, 0.2) is 0 Å². The van der Waals surface area contributed by atoms with Crippen molar-refractivity contribution in [2.75, 3.05) is 0 Å². The van der Waals surface area contributed by atoms with Gasteiger partial charge in [-0.25, -0.2) is 0 Å². The molecule has 0 radical (unpaired) electrons. The van der Waals surface area contributed by atoms with Crippen molar-refractivity contribution < 1.29 is 0 Å². The fraction of sp³-hybridized carbons (Fsp3) is 1.00. The zero-order chi connectivity index (χ0) is 6.55. The molecule has 0 aromatic carbocycles. The second-order valence-electron chi connectivity index (χ2n) is 4.68. The third-order valence-electron chi connectivity index (χ3n) is 4.31. The van der Waals surface area contributed by atoms with Gasteiger partial charge in [0.05, 0.1) is 0 Å². The van der Waals surface area contributed by atoms with Crippen molar-refractivity contribution in [3.05, 3.63) is 0 Å². The Kier molecular flexibility index (Phi) is 1.00. The van der Waals surface area contributed by atoms with Crippen molar-refractivity contribution in [2.45, 2.75) is 38.5 Å². The maximum Gasteiger partial charge on any atom is -0.0355 e. The molecule has 2 atom stereocenters. The lowest BCUT2D eigenvalue weighted by molar-refractivity contribution is -0.0377. The van der Waals surface area contributed by atoms with E-state index in [-0.39, 0.29) is 0 Å². The van der Waals surface area contributed by atoms with Gasteiger partial charge >= 0.3 is 0 Å². The van der Waals surface area contributed by atoms with Gasteiger partial charge in [-0.3, -0.25) is 0 Å². The Balaban J connectivity index is 1.85. The van der Waals surface area contributed by atoms with Crippen LogP contribution in [0.5, 0.6) is 0 Å². The van der Waals surface area contributed by atoms with Gasteiger partial charge in [0, 0.05) is 0 Å². The number of hydrogen-bond donors (Lipinski definition) is 0. The van der Waals surface area contributed by atoms with Gasteiger partial charge in [-0.15, -0.1) is 0 Å². The summed E-state index contributed by atoms with van der Waals surface area (Å²) >= 11 is 0. The highest BCUT2D eigenvalue weighted by Crippen LogP contribution is 2.57. The summed E-state index contributed by atoms with van der Waals surface area (Å²) in [5.41, 5.74) is 0. The van der Waals surface area contributed by atoms with Crippen LogP contribution in [0.4, 0.5) is 0 Å². The van der Waals surface area contributed by atoms with E-state index in [1.165, 1.54) is 17.8 Å². The molecule has 0 N–H and O–H groups in total. The molecule has 3 aliphatic rings. The first-order chi connectivity index (χ1) is 4.93. The molecular formula is C10H16. The van der Waals surface area contributed by atoms with Crippen molar-refractivity contribution in [1.82, 2.24) is 0 Å². The molecule has 0 nitrogen and oxygen atoms in total. The number of rotatable bonds is 0. The molecule has 2 bridgehead atoms. The predicted octanol–water partition coefficient (Wildman–Crippen LogP) is 2.83. The predicted molar refractivity (Wildman–Crippen MR) is 41.7 cm³/mol. The molecule has 0 heteroatoms. The van der Waals surface area contributed by atoms with Gasteiger partial charge in [0.15, 0.2) is 0 Å². The zero-order valence-corrected chi connectivity index (χ0v) is 6.55.